The highest BCUT2D eigenvalue weighted by atomic mass is 32.2. The fourth-order valence-electron chi connectivity index (χ4n) is 5.06. The number of nitrogens with one attached hydrogen (secondary N) is 1. The molecule has 1 saturated heterocycles. The number of unbranched alkanes of at least 4 members (excludes halogenated alkanes) is 1. The maximum Gasteiger partial charge on any atom is 0.320 e. The van der Waals surface area contributed by atoms with Crippen LogP contribution in [0.1, 0.15) is 48.5 Å². The standard InChI is InChI=1S/C27H33FN4O6S/c1-4-17-16-20-22(25(33)29-2)23(18-9-11-19(28)12-10-18)38-26(20)30-24(17)32(39(3,36)37)15-6-5-13-31-14-7-8-21(31)27(34)35/h9-12,16,21H,4-8,13-15H2,1-3H3,(H,29,33)(H,34,35)/t21-/m0/s1. The molecule has 12 heteroatoms. The highest BCUT2D eigenvalue weighted by Crippen LogP contribution is 2.36. The number of carboxylic acids is 1. The minimum absolute atomic E-state index is 0.0927. The van der Waals surface area contributed by atoms with Gasteiger partial charge in [0.2, 0.25) is 15.7 Å². The fourth-order valence-corrected chi connectivity index (χ4v) is 5.99. The molecule has 1 amide bonds. The Labute approximate surface area is 226 Å². The molecule has 1 aromatic carbocycles. The number of rotatable bonds is 11. The number of aromatic nitrogens is 1. The van der Waals surface area contributed by atoms with E-state index in [0.29, 0.717) is 55.3 Å². The third-order valence-electron chi connectivity index (χ3n) is 7.02. The number of hydrogen-bond acceptors (Lipinski definition) is 7. The molecule has 2 N–H and O–H groups in total. The van der Waals surface area contributed by atoms with Crippen LogP contribution in [0.25, 0.3) is 22.4 Å². The van der Waals surface area contributed by atoms with E-state index in [4.69, 9.17) is 4.42 Å². The molecule has 1 aliphatic heterocycles. The van der Waals surface area contributed by atoms with E-state index in [1.165, 1.54) is 35.6 Å². The van der Waals surface area contributed by atoms with Gasteiger partial charge in [-0.05, 0) is 81.1 Å². The van der Waals surface area contributed by atoms with E-state index in [1.54, 1.807) is 6.07 Å². The van der Waals surface area contributed by atoms with Crippen LogP contribution in [0.4, 0.5) is 10.2 Å². The van der Waals surface area contributed by atoms with Gasteiger partial charge in [0.05, 0.1) is 17.2 Å². The molecule has 0 saturated carbocycles. The molecular weight excluding hydrogens is 527 g/mol. The summed E-state index contributed by atoms with van der Waals surface area (Å²) >= 11 is 0. The van der Waals surface area contributed by atoms with Gasteiger partial charge >= 0.3 is 5.97 Å². The minimum Gasteiger partial charge on any atom is -0.480 e. The predicted octanol–water partition coefficient (Wildman–Crippen LogP) is 3.65. The van der Waals surface area contributed by atoms with E-state index in [1.807, 2.05) is 11.8 Å². The number of sulfonamides is 1. The summed E-state index contributed by atoms with van der Waals surface area (Å²) in [7, 11) is -2.23. The quantitative estimate of drug-likeness (QED) is 0.340. The number of carboxylic acid groups (broad SMARTS) is 1. The molecule has 10 nitrogen and oxygen atoms in total. The normalized spacial score (nSPS) is 16.1. The summed E-state index contributed by atoms with van der Waals surface area (Å²) in [6, 6.07) is 6.75. The van der Waals surface area contributed by atoms with Crippen molar-refractivity contribution in [2.75, 3.05) is 37.2 Å². The number of halogens is 1. The molecular formula is C27H33FN4O6S. The number of likely N-dealkylation sites (tertiary alicyclic amines) is 1. The van der Waals surface area contributed by atoms with Gasteiger partial charge in [-0.25, -0.2) is 12.8 Å². The molecule has 1 aliphatic rings. The van der Waals surface area contributed by atoms with Crippen molar-refractivity contribution in [2.24, 2.45) is 0 Å². The smallest absolute Gasteiger partial charge is 0.320 e. The number of carbonyl (C=O) groups is 2. The number of anilines is 1. The fraction of sp³-hybridized carbons (Fsp3) is 0.444. The average Bonchev–Trinajstić information content (AvgIpc) is 3.51. The second-order valence-electron chi connectivity index (χ2n) is 9.64. The number of pyridine rings is 1. The molecule has 1 fully saturated rings. The Balaban J connectivity index is 1.68. The number of hydrogen-bond donors (Lipinski definition) is 2. The molecule has 0 spiro atoms. The van der Waals surface area contributed by atoms with E-state index in [0.717, 1.165) is 12.7 Å². The molecule has 210 valence electrons. The van der Waals surface area contributed by atoms with Crippen LogP contribution in [-0.4, -0.2) is 74.3 Å². The van der Waals surface area contributed by atoms with Crippen LogP contribution in [0.15, 0.2) is 34.7 Å². The third-order valence-corrected chi connectivity index (χ3v) is 8.18. The molecule has 2 aromatic heterocycles. The van der Waals surface area contributed by atoms with Crippen LogP contribution < -0.4 is 9.62 Å². The Hall–Kier alpha value is -3.51. The zero-order chi connectivity index (χ0) is 28.3. The number of carbonyl (C=O) groups excluding carboxylic acids is 1. The van der Waals surface area contributed by atoms with Gasteiger partial charge in [-0.15, -0.1) is 0 Å². The van der Waals surface area contributed by atoms with Crippen LogP contribution >= 0.6 is 0 Å². The van der Waals surface area contributed by atoms with Gasteiger partial charge in [0.1, 0.15) is 23.4 Å². The Bertz CT molecular complexity index is 1470. The second-order valence-corrected chi connectivity index (χ2v) is 11.6. The van der Waals surface area contributed by atoms with Gasteiger partial charge in [0.15, 0.2) is 0 Å². The largest absolute Gasteiger partial charge is 0.480 e. The number of aryl methyl sites for hydroxylation is 1. The Morgan fingerprint density at radius 3 is 2.59 bits per heavy atom. The van der Waals surface area contributed by atoms with Crippen LogP contribution in [0.3, 0.4) is 0 Å². The topological polar surface area (TPSA) is 133 Å². The van der Waals surface area contributed by atoms with E-state index < -0.39 is 33.8 Å². The van der Waals surface area contributed by atoms with Crippen molar-refractivity contribution >= 4 is 38.8 Å². The molecule has 0 aliphatic carbocycles. The average molecular weight is 561 g/mol. The first-order valence-electron chi connectivity index (χ1n) is 12.9. The zero-order valence-electron chi connectivity index (χ0n) is 22.2. The Kier molecular flexibility index (Phi) is 8.55. The Morgan fingerprint density at radius 1 is 1.26 bits per heavy atom. The molecule has 39 heavy (non-hydrogen) atoms. The van der Waals surface area contributed by atoms with Crippen LogP contribution in [0.5, 0.6) is 0 Å². The summed E-state index contributed by atoms with van der Waals surface area (Å²) in [5, 5.41) is 12.4. The minimum atomic E-state index is -3.72. The summed E-state index contributed by atoms with van der Waals surface area (Å²) in [6.45, 7) is 3.31. The number of nitrogens with zero attached hydrogens (tertiary/aromatic N) is 3. The van der Waals surface area contributed by atoms with Crippen LogP contribution in [0.2, 0.25) is 0 Å². The molecule has 0 bridgehead atoms. The van der Waals surface area contributed by atoms with Gasteiger partial charge in [-0.1, -0.05) is 6.92 Å². The van der Waals surface area contributed by atoms with E-state index in [-0.39, 0.29) is 29.4 Å². The van der Waals surface area contributed by atoms with Gasteiger partial charge in [0.25, 0.3) is 5.91 Å². The predicted molar refractivity (Wildman–Crippen MR) is 146 cm³/mol. The number of furan rings is 1. The third kappa shape index (κ3) is 6.06. The van der Waals surface area contributed by atoms with Crippen LogP contribution in [0, 0.1) is 5.82 Å². The molecule has 0 unspecified atom stereocenters. The maximum absolute atomic E-state index is 13.5. The van der Waals surface area contributed by atoms with Crippen molar-refractivity contribution in [3.8, 4) is 11.3 Å². The van der Waals surface area contributed by atoms with Gasteiger partial charge in [0, 0.05) is 19.2 Å². The lowest BCUT2D eigenvalue weighted by Crippen LogP contribution is -2.37. The summed E-state index contributed by atoms with van der Waals surface area (Å²) in [5.41, 5.74) is 1.43. The van der Waals surface area contributed by atoms with E-state index in [9.17, 15) is 27.5 Å². The molecule has 3 heterocycles. The zero-order valence-corrected chi connectivity index (χ0v) is 23.1. The van der Waals surface area contributed by atoms with Gasteiger partial charge in [-0.2, -0.15) is 4.98 Å². The first-order chi connectivity index (χ1) is 18.5. The van der Waals surface area contributed by atoms with Crippen molar-refractivity contribution in [1.82, 2.24) is 15.2 Å². The number of amides is 1. The maximum atomic E-state index is 13.5. The lowest BCUT2D eigenvalue weighted by atomic mass is 10.0. The molecule has 1 atom stereocenters. The van der Waals surface area contributed by atoms with Crippen molar-refractivity contribution in [1.29, 1.82) is 0 Å². The summed E-state index contributed by atoms with van der Waals surface area (Å²) in [6.07, 6.45) is 4.13. The van der Waals surface area contributed by atoms with Crippen molar-refractivity contribution in [3.05, 3.63) is 47.3 Å². The summed E-state index contributed by atoms with van der Waals surface area (Å²) in [4.78, 5) is 30.8. The first-order valence-corrected chi connectivity index (χ1v) is 14.8. The van der Waals surface area contributed by atoms with Crippen molar-refractivity contribution in [2.45, 2.75) is 45.1 Å². The molecule has 4 rings (SSSR count). The summed E-state index contributed by atoms with van der Waals surface area (Å²) < 4.78 is 46.5. The van der Waals surface area contributed by atoms with E-state index in [2.05, 4.69) is 10.3 Å². The molecule has 0 radical (unpaired) electrons. The van der Waals surface area contributed by atoms with Crippen molar-refractivity contribution < 1.29 is 31.9 Å². The first kappa shape index (κ1) is 28.5. The van der Waals surface area contributed by atoms with Crippen molar-refractivity contribution in [3.63, 3.8) is 0 Å². The highest BCUT2D eigenvalue weighted by molar-refractivity contribution is 7.92. The van der Waals surface area contributed by atoms with Crippen LogP contribution in [-0.2, 0) is 21.2 Å². The number of benzene rings is 1. The SMILES string of the molecule is CCc1cc2c(C(=O)NC)c(-c3ccc(F)cc3)oc2nc1N(CCCCN1CCC[C@H]1C(=O)O)S(C)(=O)=O. The molecule has 3 aromatic rings. The highest BCUT2D eigenvalue weighted by Gasteiger charge is 2.30. The second kappa shape index (κ2) is 11.7. The lowest BCUT2D eigenvalue weighted by Gasteiger charge is -2.25. The van der Waals surface area contributed by atoms with Gasteiger partial charge in [-0.3, -0.25) is 18.8 Å². The summed E-state index contributed by atoms with van der Waals surface area (Å²) in [5.74, 6) is -1.24. The number of aliphatic carboxylic acids is 1. The van der Waals surface area contributed by atoms with Gasteiger partial charge < -0.3 is 14.8 Å². The Morgan fingerprint density at radius 2 is 1.97 bits per heavy atom. The van der Waals surface area contributed by atoms with E-state index >= 15 is 0 Å². The number of fused-ring (bicyclic) bond motifs is 1. The monoisotopic (exact) mass is 560 g/mol. The lowest BCUT2D eigenvalue weighted by molar-refractivity contribution is -0.142.